The van der Waals surface area contributed by atoms with Crippen molar-refractivity contribution in [1.82, 2.24) is 14.4 Å². The molecule has 1 N–H and O–H groups in total. The number of rotatable bonds is 7. The van der Waals surface area contributed by atoms with Gasteiger partial charge in [0.05, 0.1) is 31.3 Å². The van der Waals surface area contributed by atoms with E-state index in [4.69, 9.17) is 16.0 Å². The summed E-state index contributed by atoms with van der Waals surface area (Å²) < 4.78 is 7.36. The van der Waals surface area contributed by atoms with Crippen molar-refractivity contribution in [2.75, 3.05) is 38.0 Å². The van der Waals surface area contributed by atoms with Gasteiger partial charge in [0.2, 0.25) is 11.8 Å². The van der Waals surface area contributed by atoms with Crippen molar-refractivity contribution in [3.63, 3.8) is 0 Å². The lowest BCUT2D eigenvalue weighted by Gasteiger charge is -2.34. The number of amides is 2. The molecule has 182 valence electrons. The Morgan fingerprint density at radius 3 is 2.51 bits per heavy atom. The SMILES string of the molecule is Cc1c(C#N)c(NC(=O)CN2CCN(C(=O)Cc3ccccc3Cl)CC2)n(Cc2ccco2)c1C. The van der Waals surface area contributed by atoms with E-state index in [-0.39, 0.29) is 24.8 Å². The van der Waals surface area contributed by atoms with E-state index in [0.29, 0.717) is 49.1 Å². The number of furan rings is 1. The van der Waals surface area contributed by atoms with Gasteiger partial charge < -0.3 is 19.2 Å². The van der Waals surface area contributed by atoms with Crippen molar-refractivity contribution in [3.8, 4) is 6.07 Å². The first-order valence-corrected chi connectivity index (χ1v) is 11.9. The van der Waals surface area contributed by atoms with Crippen molar-refractivity contribution in [2.24, 2.45) is 0 Å². The fourth-order valence-electron chi connectivity index (χ4n) is 4.33. The Labute approximate surface area is 209 Å². The van der Waals surface area contributed by atoms with Crippen LogP contribution in [0.2, 0.25) is 5.02 Å². The maximum absolute atomic E-state index is 12.9. The third-order valence-electron chi connectivity index (χ3n) is 6.48. The molecule has 2 amide bonds. The molecule has 1 aliphatic rings. The molecule has 0 unspecified atom stereocenters. The molecule has 2 aromatic heterocycles. The summed E-state index contributed by atoms with van der Waals surface area (Å²) in [5, 5.41) is 13.2. The van der Waals surface area contributed by atoms with Crippen LogP contribution < -0.4 is 5.32 Å². The average molecular weight is 494 g/mol. The first-order chi connectivity index (χ1) is 16.9. The Morgan fingerprint density at radius 1 is 1.11 bits per heavy atom. The number of benzene rings is 1. The van der Waals surface area contributed by atoms with Gasteiger partial charge in [-0.05, 0) is 43.2 Å². The number of nitriles is 1. The predicted octanol–water partition coefficient (Wildman–Crippen LogP) is 3.60. The first kappa shape index (κ1) is 24.6. The minimum Gasteiger partial charge on any atom is -0.467 e. The highest BCUT2D eigenvalue weighted by Gasteiger charge is 2.25. The largest absolute Gasteiger partial charge is 0.467 e. The Kier molecular flexibility index (Phi) is 7.59. The molecule has 0 spiro atoms. The minimum absolute atomic E-state index is 0.0302. The van der Waals surface area contributed by atoms with Crippen LogP contribution in [0, 0.1) is 25.2 Å². The van der Waals surface area contributed by atoms with Gasteiger partial charge in [-0.15, -0.1) is 0 Å². The summed E-state index contributed by atoms with van der Waals surface area (Å²) in [6.07, 6.45) is 1.87. The molecule has 1 aromatic carbocycles. The number of halogens is 1. The van der Waals surface area contributed by atoms with Gasteiger partial charge in [-0.2, -0.15) is 5.26 Å². The number of hydrogen-bond donors (Lipinski definition) is 1. The molecule has 0 aliphatic carbocycles. The van der Waals surface area contributed by atoms with Gasteiger partial charge >= 0.3 is 0 Å². The summed E-state index contributed by atoms with van der Waals surface area (Å²) in [5.74, 6) is 1.05. The molecule has 3 aromatic rings. The van der Waals surface area contributed by atoms with E-state index in [9.17, 15) is 14.9 Å². The van der Waals surface area contributed by atoms with Crippen LogP contribution in [-0.4, -0.2) is 58.9 Å². The van der Waals surface area contributed by atoms with Gasteiger partial charge in [-0.3, -0.25) is 14.5 Å². The smallest absolute Gasteiger partial charge is 0.239 e. The molecule has 4 rings (SSSR count). The second kappa shape index (κ2) is 10.8. The molecule has 0 radical (unpaired) electrons. The van der Waals surface area contributed by atoms with Crippen LogP contribution in [0.1, 0.15) is 28.1 Å². The van der Waals surface area contributed by atoms with E-state index >= 15 is 0 Å². The standard InChI is InChI=1S/C26H28ClN5O3/c1-18-19(2)32(16-21-7-5-13-35-21)26(22(18)15-28)29-24(33)17-30-9-11-31(12-10-30)25(34)14-20-6-3-4-8-23(20)27/h3-8,13H,9-12,14,16-17H2,1-2H3,(H,29,33). The number of carbonyl (C=O) groups excluding carboxylic acids is 2. The van der Waals surface area contributed by atoms with Crippen molar-refractivity contribution in [1.29, 1.82) is 5.26 Å². The van der Waals surface area contributed by atoms with E-state index in [2.05, 4.69) is 11.4 Å². The molecular formula is C26H28ClN5O3. The van der Waals surface area contributed by atoms with Gasteiger partial charge in [0.15, 0.2) is 0 Å². The van der Waals surface area contributed by atoms with Crippen LogP contribution in [0.4, 0.5) is 5.82 Å². The van der Waals surface area contributed by atoms with Crippen LogP contribution in [-0.2, 0) is 22.6 Å². The summed E-state index contributed by atoms with van der Waals surface area (Å²) in [6, 6.07) is 13.3. The third kappa shape index (κ3) is 5.59. The number of anilines is 1. The quantitative estimate of drug-likeness (QED) is 0.542. The zero-order valence-corrected chi connectivity index (χ0v) is 20.6. The second-order valence-electron chi connectivity index (χ2n) is 8.68. The zero-order valence-electron chi connectivity index (χ0n) is 19.9. The molecular weight excluding hydrogens is 466 g/mol. The predicted molar refractivity (Wildman–Crippen MR) is 133 cm³/mol. The van der Waals surface area contributed by atoms with Gasteiger partial charge in [-0.25, -0.2) is 0 Å². The van der Waals surface area contributed by atoms with Crippen LogP contribution >= 0.6 is 11.6 Å². The summed E-state index contributed by atoms with van der Waals surface area (Å²) in [7, 11) is 0. The molecule has 35 heavy (non-hydrogen) atoms. The molecule has 0 atom stereocenters. The zero-order chi connectivity index (χ0) is 24.9. The van der Waals surface area contributed by atoms with E-state index in [1.165, 1.54) is 0 Å². The van der Waals surface area contributed by atoms with Gasteiger partial charge in [-0.1, -0.05) is 29.8 Å². The Bertz CT molecular complexity index is 1250. The molecule has 1 fully saturated rings. The monoisotopic (exact) mass is 493 g/mol. The topological polar surface area (TPSA) is 94.5 Å². The molecule has 3 heterocycles. The minimum atomic E-state index is -0.199. The third-order valence-corrected chi connectivity index (χ3v) is 6.85. The summed E-state index contributed by atoms with van der Waals surface area (Å²) in [4.78, 5) is 29.4. The van der Waals surface area contributed by atoms with Crippen molar-refractivity contribution in [2.45, 2.75) is 26.8 Å². The maximum Gasteiger partial charge on any atom is 0.239 e. The average Bonchev–Trinajstić information content (AvgIpc) is 3.44. The van der Waals surface area contributed by atoms with Crippen LogP contribution in [0.15, 0.2) is 47.1 Å². The van der Waals surface area contributed by atoms with Gasteiger partial charge in [0.1, 0.15) is 17.6 Å². The number of hydrogen-bond acceptors (Lipinski definition) is 5. The molecule has 0 saturated carbocycles. The lowest BCUT2D eigenvalue weighted by atomic mass is 10.1. The lowest BCUT2D eigenvalue weighted by Crippen LogP contribution is -2.50. The van der Waals surface area contributed by atoms with Crippen molar-refractivity contribution < 1.29 is 14.0 Å². The first-order valence-electron chi connectivity index (χ1n) is 11.5. The van der Waals surface area contributed by atoms with Gasteiger partial charge in [0.25, 0.3) is 0 Å². The molecule has 1 aliphatic heterocycles. The molecule has 1 saturated heterocycles. The number of carbonyl (C=O) groups is 2. The van der Waals surface area contributed by atoms with Crippen LogP contribution in [0.5, 0.6) is 0 Å². The number of nitrogens with zero attached hydrogens (tertiary/aromatic N) is 4. The Morgan fingerprint density at radius 2 is 1.86 bits per heavy atom. The highest BCUT2D eigenvalue weighted by Crippen LogP contribution is 2.27. The number of nitrogens with one attached hydrogen (secondary N) is 1. The normalized spacial score (nSPS) is 14.1. The summed E-state index contributed by atoms with van der Waals surface area (Å²) in [6.45, 7) is 6.69. The number of aromatic nitrogens is 1. The Hall–Kier alpha value is -3.54. The van der Waals surface area contributed by atoms with E-state index < -0.39 is 0 Å². The second-order valence-corrected chi connectivity index (χ2v) is 9.09. The summed E-state index contributed by atoms with van der Waals surface area (Å²) >= 11 is 6.19. The van der Waals surface area contributed by atoms with Gasteiger partial charge in [0, 0.05) is 36.9 Å². The molecule has 0 bridgehead atoms. The highest BCUT2D eigenvalue weighted by atomic mass is 35.5. The highest BCUT2D eigenvalue weighted by molar-refractivity contribution is 6.31. The van der Waals surface area contributed by atoms with E-state index in [0.717, 1.165) is 22.6 Å². The van der Waals surface area contributed by atoms with Crippen LogP contribution in [0.25, 0.3) is 0 Å². The number of piperazine rings is 1. The van der Waals surface area contributed by atoms with E-state index in [1.54, 1.807) is 12.3 Å². The van der Waals surface area contributed by atoms with Crippen molar-refractivity contribution >= 4 is 29.2 Å². The lowest BCUT2D eigenvalue weighted by molar-refractivity contribution is -0.132. The Balaban J connectivity index is 1.35. The molecule has 9 heteroatoms. The fourth-order valence-corrected chi connectivity index (χ4v) is 4.54. The van der Waals surface area contributed by atoms with Crippen molar-refractivity contribution in [3.05, 3.63) is 75.8 Å². The summed E-state index contributed by atoms with van der Waals surface area (Å²) in [5.41, 5.74) is 3.01. The fraction of sp³-hybridized carbons (Fsp3) is 0.346. The van der Waals surface area contributed by atoms with Crippen LogP contribution in [0.3, 0.4) is 0 Å². The maximum atomic E-state index is 12.9. The molecule has 8 nitrogen and oxygen atoms in total. The van der Waals surface area contributed by atoms with E-state index in [1.807, 2.05) is 58.5 Å².